The van der Waals surface area contributed by atoms with E-state index in [1.165, 1.54) is 4.57 Å². The van der Waals surface area contributed by atoms with Crippen molar-refractivity contribution in [3.63, 3.8) is 0 Å². The molecule has 0 bridgehead atoms. The van der Waals surface area contributed by atoms with Gasteiger partial charge in [-0.1, -0.05) is 41.4 Å². The third kappa shape index (κ3) is 3.11. The van der Waals surface area contributed by atoms with E-state index in [0.717, 1.165) is 0 Å². The summed E-state index contributed by atoms with van der Waals surface area (Å²) >= 11 is 12.3. The maximum Gasteiger partial charge on any atom is 0.275 e. The van der Waals surface area contributed by atoms with Crippen LogP contribution in [-0.2, 0) is 0 Å². The Morgan fingerprint density at radius 1 is 1.07 bits per heavy atom. The number of aryl methyl sites for hydroxylation is 1. The minimum atomic E-state index is -0.602. The van der Waals surface area contributed by atoms with E-state index in [0.29, 0.717) is 27.1 Å². The molecule has 0 amide bonds. The molecular weight excluding hydrogens is 411 g/mol. The van der Waals surface area contributed by atoms with Crippen molar-refractivity contribution in [1.82, 2.24) is 14.5 Å². The van der Waals surface area contributed by atoms with Gasteiger partial charge >= 0.3 is 0 Å². The number of rotatable bonds is 2. The molecule has 2 aromatic carbocycles. The number of hydrogen-bond donors (Lipinski definition) is 1. The Morgan fingerprint density at radius 2 is 1.76 bits per heavy atom. The quantitative estimate of drug-likeness (QED) is 0.523. The molecule has 29 heavy (non-hydrogen) atoms. The van der Waals surface area contributed by atoms with Crippen LogP contribution in [0.2, 0.25) is 10.0 Å². The summed E-state index contributed by atoms with van der Waals surface area (Å²) in [7, 11) is 0. The number of hydrogen-bond acceptors (Lipinski definition) is 4. The molecule has 0 spiro atoms. The second-order valence-corrected chi connectivity index (χ2v) is 7.15. The summed E-state index contributed by atoms with van der Waals surface area (Å²) in [6.45, 7) is 1.62. The zero-order valence-corrected chi connectivity index (χ0v) is 16.5. The second-order valence-electron chi connectivity index (χ2n) is 6.31. The van der Waals surface area contributed by atoms with Gasteiger partial charge in [0.25, 0.3) is 11.1 Å². The predicted octanol–water partition coefficient (Wildman–Crippen LogP) is 4.23. The summed E-state index contributed by atoms with van der Waals surface area (Å²) in [5, 5.41) is 10.7. The fourth-order valence-corrected chi connectivity index (χ4v) is 3.62. The van der Waals surface area contributed by atoms with Gasteiger partial charge in [0, 0.05) is 21.2 Å². The van der Waals surface area contributed by atoms with E-state index in [1.54, 1.807) is 55.5 Å². The number of halogens is 2. The van der Waals surface area contributed by atoms with Crippen molar-refractivity contribution in [2.45, 2.75) is 6.92 Å². The summed E-state index contributed by atoms with van der Waals surface area (Å²) < 4.78 is 1.24. The van der Waals surface area contributed by atoms with Crippen LogP contribution in [0.15, 0.2) is 58.1 Å². The lowest BCUT2D eigenvalue weighted by molar-refractivity contribution is 0.964. The fraction of sp³-hybridized carbons (Fsp3) is 0.0476. The van der Waals surface area contributed by atoms with Gasteiger partial charge in [0.05, 0.1) is 11.1 Å². The standard InChI is InChI=1S/C21H12Cl2N4O2/c1-11-25-19-18(20(28)26-11)17(14-4-2-3-5-16(14)23)15(10-24)21(29)27(19)13-8-6-12(22)7-9-13/h2-9H,1H3,(H,25,26,28). The molecule has 4 rings (SSSR count). The van der Waals surface area contributed by atoms with Crippen LogP contribution < -0.4 is 11.1 Å². The summed E-state index contributed by atoms with van der Waals surface area (Å²) in [6.07, 6.45) is 0. The van der Waals surface area contributed by atoms with Gasteiger partial charge in [0.15, 0.2) is 5.65 Å². The summed E-state index contributed by atoms with van der Waals surface area (Å²) in [4.78, 5) is 33.3. The molecule has 0 atom stereocenters. The number of nitrogens with one attached hydrogen (secondary N) is 1. The maximum absolute atomic E-state index is 13.3. The van der Waals surface area contributed by atoms with Crippen LogP contribution in [0.5, 0.6) is 0 Å². The molecule has 8 heteroatoms. The van der Waals surface area contributed by atoms with Gasteiger partial charge in [-0.3, -0.25) is 14.2 Å². The molecule has 0 unspecified atom stereocenters. The van der Waals surface area contributed by atoms with Crippen LogP contribution in [0, 0.1) is 18.3 Å². The lowest BCUT2D eigenvalue weighted by atomic mass is 9.98. The first-order valence-corrected chi connectivity index (χ1v) is 9.28. The summed E-state index contributed by atoms with van der Waals surface area (Å²) in [5.41, 5.74) is -0.131. The highest BCUT2D eigenvalue weighted by Gasteiger charge is 2.23. The Balaban J connectivity index is 2.29. The van der Waals surface area contributed by atoms with Crippen LogP contribution in [-0.4, -0.2) is 14.5 Å². The average molecular weight is 423 g/mol. The Morgan fingerprint density at radius 3 is 2.41 bits per heavy atom. The van der Waals surface area contributed by atoms with E-state index in [2.05, 4.69) is 9.97 Å². The molecule has 1 N–H and O–H groups in total. The highest BCUT2D eigenvalue weighted by molar-refractivity contribution is 6.33. The molecule has 0 fully saturated rings. The largest absolute Gasteiger partial charge is 0.310 e. The second kappa shape index (κ2) is 7.21. The number of benzene rings is 2. The van der Waals surface area contributed by atoms with Crippen molar-refractivity contribution >= 4 is 34.2 Å². The Kier molecular flexibility index (Phi) is 4.71. The number of nitriles is 1. The van der Waals surface area contributed by atoms with Crippen LogP contribution in [0.1, 0.15) is 11.4 Å². The van der Waals surface area contributed by atoms with E-state index in [9.17, 15) is 14.9 Å². The van der Waals surface area contributed by atoms with Crippen molar-refractivity contribution in [3.8, 4) is 22.9 Å². The number of fused-ring (bicyclic) bond motifs is 1. The summed E-state index contributed by atoms with van der Waals surface area (Å²) in [6, 6.07) is 15.1. The van der Waals surface area contributed by atoms with E-state index in [1.807, 2.05) is 6.07 Å². The lowest BCUT2D eigenvalue weighted by Gasteiger charge is -2.15. The molecule has 0 aliphatic carbocycles. The molecule has 6 nitrogen and oxygen atoms in total. The van der Waals surface area contributed by atoms with Gasteiger partial charge in [-0.15, -0.1) is 0 Å². The molecule has 0 aliphatic heterocycles. The number of aromatic nitrogens is 3. The zero-order valence-electron chi connectivity index (χ0n) is 15.0. The molecule has 2 aromatic heterocycles. The van der Waals surface area contributed by atoms with E-state index in [-0.39, 0.29) is 22.2 Å². The third-order valence-corrected chi connectivity index (χ3v) is 5.07. The number of pyridine rings is 1. The van der Waals surface area contributed by atoms with Crippen molar-refractivity contribution in [3.05, 3.63) is 90.7 Å². The van der Waals surface area contributed by atoms with Crippen LogP contribution >= 0.6 is 23.2 Å². The highest BCUT2D eigenvalue weighted by atomic mass is 35.5. The third-order valence-electron chi connectivity index (χ3n) is 4.49. The van der Waals surface area contributed by atoms with Gasteiger partial charge in [-0.25, -0.2) is 4.98 Å². The van der Waals surface area contributed by atoms with E-state index in [4.69, 9.17) is 23.2 Å². The van der Waals surface area contributed by atoms with Crippen LogP contribution in [0.4, 0.5) is 0 Å². The maximum atomic E-state index is 13.3. The van der Waals surface area contributed by atoms with Crippen molar-refractivity contribution in [2.75, 3.05) is 0 Å². The van der Waals surface area contributed by atoms with E-state index >= 15 is 0 Å². The summed E-state index contributed by atoms with van der Waals surface area (Å²) in [5.74, 6) is 0.333. The number of H-pyrrole nitrogens is 1. The zero-order chi connectivity index (χ0) is 20.7. The first-order valence-electron chi connectivity index (χ1n) is 8.53. The topological polar surface area (TPSA) is 91.5 Å². The van der Waals surface area contributed by atoms with Crippen LogP contribution in [0.3, 0.4) is 0 Å². The smallest absolute Gasteiger partial charge is 0.275 e. The first-order chi connectivity index (χ1) is 13.9. The van der Waals surface area contributed by atoms with Gasteiger partial charge < -0.3 is 4.98 Å². The molecule has 0 saturated heterocycles. The monoisotopic (exact) mass is 422 g/mol. The molecule has 4 aromatic rings. The Hall–Kier alpha value is -3.40. The molecule has 0 saturated carbocycles. The minimum Gasteiger partial charge on any atom is -0.310 e. The molecule has 142 valence electrons. The van der Waals surface area contributed by atoms with Gasteiger partial charge in [0.1, 0.15) is 17.5 Å². The molecular formula is C21H12Cl2N4O2. The number of nitrogens with zero attached hydrogens (tertiary/aromatic N) is 3. The molecule has 2 heterocycles. The van der Waals surface area contributed by atoms with Gasteiger partial charge in [-0.05, 0) is 37.3 Å². The van der Waals surface area contributed by atoms with Crippen molar-refractivity contribution in [1.29, 1.82) is 5.26 Å². The minimum absolute atomic E-state index is 0.106. The van der Waals surface area contributed by atoms with Gasteiger partial charge in [-0.2, -0.15) is 5.26 Å². The van der Waals surface area contributed by atoms with E-state index < -0.39 is 11.1 Å². The Labute approximate surface area is 174 Å². The Bertz CT molecular complexity index is 1430. The van der Waals surface area contributed by atoms with Crippen molar-refractivity contribution in [2.24, 2.45) is 0 Å². The molecule has 0 aliphatic rings. The normalized spacial score (nSPS) is 10.8. The fourth-order valence-electron chi connectivity index (χ4n) is 3.26. The predicted molar refractivity (Wildman–Crippen MR) is 113 cm³/mol. The average Bonchev–Trinajstić information content (AvgIpc) is 2.68. The lowest BCUT2D eigenvalue weighted by Crippen LogP contribution is -2.27. The van der Waals surface area contributed by atoms with Gasteiger partial charge in [0.2, 0.25) is 0 Å². The highest BCUT2D eigenvalue weighted by Crippen LogP contribution is 2.33. The number of aromatic amines is 1. The SMILES string of the molecule is Cc1nc2c(c(-c3ccccc3Cl)c(C#N)c(=O)n2-c2ccc(Cl)cc2)c(=O)[nH]1. The first kappa shape index (κ1) is 18.9. The van der Waals surface area contributed by atoms with Crippen LogP contribution in [0.25, 0.3) is 27.8 Å². The van der Waals surface area contributed by atoms with Crippen molar-refractivity contribution < 1.29 is 0 Å². The molecule has 0 radical (unpaired) electrons.